The SMILES string of the molecule is CCC1(OCC(=O)NC(C)C)CCCN(C(=O)OC(C)(C)C)C1. The van der Waals surface area contributed by atoms with Crippen LogP contribution in [-0.2, 0) is 14.3 Å². The van der Waals surface area contributed by atoms with Crippen molar-refractivity contribution in [1.82, 2.24) is 10.2 Å². The molecule has 1 heterocycles. The summed E-state index contributed by atoms with van der Waals surface area (Å²) in [5.74, 6) is -0.123. The highest BCUT2D eigenvalue weighted by Crippen LogP contribution is 2.29. The number of hydrogen-bond acceptors (Lipinski definition) is 4. The van der Waals surface area contributed by atoms with E-state index in [2.05, 4.69) is 5.32 Å². The van der Waals surface area contributed by atoms with E-state index in [0.29, 0.717) is 13.1 Å². The average molecular weight is 328 g/mol. The second-order valence-electron chi connectivity index (χ2n) is 7.55. The van der Waals surface area contributed by atoms with Crippen LogP contribution >= 0.6 is 0 Å². The topological polar surface area (TPSA) is 67.9 Å². The molecule has 0 saturated carbocycles. The summed E-state index contributed by atoms with van der Waals surface area (Å²) in [6.45, 7) is 12.6. The molecule has 0 aromatic heterocycles. The largest absolute Gasteiger partial charge is 0.444 e. The number of likely N-dealkylation sites (tertiary alicyclic amines) is 1. The Morgan fingerprint density at radius 3 is 2.48 bits per heavy atom. The number of ether oxygens (including phenoxy) is 2. The van der Waals surface area contributed by atoms with Crippen LogP contribution < -0.4 is 5.32 Å². The van der Waals surface area contributed by atoms with Gasteiger partial charge in [0.15, 0.2) is 0 Å². The molecule has 0 aromatic rings. The Morgan fingerprint density at radius 1 is 1.30 bits per heavy atom. The third-order valence-corrected chi connectivity index (χ3v) is 3.79. The van der Waals surface area contributed by atoms with Crippen molar-refractivity contribution in [3.8, 4) is 0 Å². The molecule has 1 aliphatic heterocycles. The van der Waals surface area contributed by atoms with Gasteiger partial charge in [0.05, 0.1) is 12.1 Å². The molecule has 23 heavy (non-hydrogen) atoms. The summed E-state index contributed by atoms with van der Waals surface area (Å²) in [6, 6.07) is 0.0910. The number of rotatable bonds is 5. The van der Waals surface area contributed by atoms with E-state index >= 15 is 0 Å². The van der Waals surface area contributed by atoms with Gasteiger partial charge in [-0.3, -0.25) is 4.79 Å². The van der Waals surface area contributed by atoms with Crippen molar-refractivity contribution in [2.45, 2.75) is 78.0 Å². The van der Waals surface area contributed by atoms with Crippen molar-refractivity contribution in [3.63, 3.8) is 0 Å². The van der Waals surface area contributed by atoms with Gasteiger partial charge in [0.25, 0.3) is 0 Å². The quantitative estimate of drug-likeness (QED) is 0.842. The van der Waals surface area contributed by atoms with Gasteiger partial charge in [-0.1, -0.05) is 6.92 Å². The second kappa shape index (κ2) is 7.99. The lowest BCUT2D eigenvalue weighted by molar-refractivity contribution is -0.139. The molecule has 1 atom stereocenters. The zero-order valence-electron chi connectivity index (χ0n) is 15.4. The lowest BCUT2D eigenvalue weighted by Crippen LogP contribution is -2.53. The summed E-state index contributed by atoms with van der Waals surface area (Å²) in [7, 11) is 0. The van der Waals surface area contributed by atoms with Gasteiger partial charge in [0, 0.05) is 12.6 Å². The number of nitrogens with one attached hydrogen (secondary N) is 1. The van der Waals surface area contributed by atoms with E-state index in [9.17, 15) is 9.59 Å². The molecule has 1 N–H and O–H groups in total. The Bertz CT molecular complexity index is 417. The molecule has 1 aliphatic rings. The molecule has 1 fully saturated rings. The molecular weight excluding hydrogens is 296 g/mol. The fraction of sp³-hybridized carbons (Fsp3) is 0.882. The van der Waals surface area contributed by atoms with Crippen molar-refractivity contribution >= 4 is 12.0 Å². The number of amides is 2. The van der Waals surface area contributed by atoms with Gasteiger partial charge in [-0.05, 0) is 53.9 Å². The maximum Gasteiger partial charge on any atom is 0.410 e. The first kappa shape index (κ1) is 19.7. The van der Waals surface area contributed by atoms with Crippen LogP contribution in [0.3, 0.4) is 0 Å². The molecule has 0 bridgehead atoms. The monoisotopic (exact) mass is 328 g/mol. The van der Waals surface area contributed by atoms with Crippen molar-refractivity contribution in [2.75, 3.05) is 19.7 Å². The van der Waals surface area contributed by atoms with Crippen LogP contribution in [0.25, 0.3) is 0 Å². The van der Waals surface area contributed by atoms with E-state index in [4.69, 9.17) is 9.47 Å². The summed E-state index contributed by atoms with van der Waals surface area (Å²) in [5.41, 5.74) is -0.981. The van der Waals surface area contributed by atoms with E-state index in [1.54, 1.807) is 4.90 Å². The van der Waals surface area contributed by atoms with E-state index < -0.39 is 11.2 Å². The fourth-order valence-electron chi connectivity index (χ4n) is 2.67. The van der Waals surface area contributed by atoms with Gasteiger partial charge in [0.2, 0.25) is 5.91 Å². The molecule has 0 aliphatic carbocycles. The number of carbonyl (C=O) groups is 2. The summed E-state index contributed by atoms with van der Waals surface area (Å²) < 4.78 is 11.4. The molecule has 0 aromatic carbocycles. The van der Waals surface area contributed by atoms with Gasteiger partial charge < -0.3 is 19.7 Å². The highest BCUT2D eigenvalue weighted by atomic mass is 16.6. The molecule has 1 saturated heterocycles. The number of piperidine rings is 1. The maximum atomic E-state index is 12.3. The van der Waals surface area contributed by atoms with Crippen molar-refractivity contribution in [3.05, 3.63) is 0 Å². The van der Waals surface area contributed by atoms with Crippen molar-refractivity contribution < 1.29 is 19.1 Å². The summed E-state index contributed by atoms with van der Waals surface area (Å²) >= 11 is 0. The van der Waals surface area contributed by atoms with Crippen LogP contribution in [0.15, 0.2) is 0 Å². The van der Waals surface area contributed by atoms with Gasteiger partial charge >= 0.3 is 6.09 Å². The van der Waals surface area contributed by atoms with E-state index in [-0.39, 0.29) is 24.6 Å². The second-order valence-corrected chi connectivity index (χ2v) is 7.55. The Labute approximate surface area is 139 Å². The number of carbonyl (C=O) groups excluding carboxylic acids is 2. The normalized spacial score (nSPS) is 22.1. The zero-order chi connectivity index (χ0) is 17.7. The Morgan fingerprint density at radius 2 is 1.96 bits per heavy atom. The van der Waals surface area contributed by atoms with E-state index in [1.165, 1.54) is 0 Å². The van der Waals surface area contributed by atoms with Gasteiger partial charge in [0.1, 0.15) is 12.2 Å². The smallest absolute Gasteiger partial charge is 0.410 e. The summed E-state index contributed by atoms with van der Waals surface area (Å²) in [5, 5.41) is 2.82. The first-order chi connectivity index (χ1) is 10.6. The number of hydrogen-bond donors (Lipinski definition) is 1. The minimum atomic E-state index is -0.512. The van der Waals surface area contributed by atoms with Gasteiger partial charge in [-0.2, -0.15) is 0 Å². The molecular formula is C17H32N2O4. The lowest BCUT2D eigenvalue weighted by atomic mass is 9.90. The van der Waals surface area contributed by atoms with Crippen LogP contribution in [0.5, 0.6) is 0 Å². The fourth-order valence-corrected chi connectivity index (χ4v) is 2.67. The average Bonchev–Trinajstić information content (AvgIpc) is 2.43. The Hall–Kier alpha value is -1.30. The standard InChI is InChI=1S/C17H32N2O4/c1-7-17(22-11-14(20)18-13(2)3)9-8-10-19(12-17)15(21)23-16(4,5)6/h13H,7-12H2,1-6H3,(H,18,20). The Balaban J connectivity index is 2.64. The molecule has 134 valence electrons. The van der Waals surface area contributed by atoms with Gasteiger partial charge in [-0.15, -0.1) is 0 Å². The molecule has 2 amide bonds. The van der Waals surface area contributed by atoms with Crippen molar-refractivity contribution in [1.29, 1.82) is 0 Å². The molecule has 0 radical (unpaired) electrons. The van der Waals surface area contributed by atoms with Crippen LogP contribution in [0, 0.1) is 0 Å². The highest BCUT2D eigenvalue weighted by Gasteiger charge is 2.38. The third kappa shape index (κ3) is 6.77. The summed E-state index contributed by atoms with van der Waals surface area (Å²) in [4.78, 5) is 25.8. The molecule has 1 unspecified atom stereocenters. The lowest BCUT2D eigenvalue weighted by Gasteiger charge is -2.42. The van der Waals surface area contributed by atoms with Crippen LogP contribution in [-0.4, -0.2) is 53.8 Å². The Kier molecular flexibility index (Phi) is 6.86. The predicted molar refractivity (Wildman–Crippen MR) is 89.3 cm³/mol. The first-order valence-electron chi connectivity index (χ1n) is 8.48. The maximum absolute atomic E-state index is 12.3. The minimum absolute atomic E-state index is 0.0220. The predicted octanol–water partition coefficient (Wildman–Crippen LogP) is 2.71. The molecule has 1 rings (SSSR count). The van der Waals surface area contributed by atoms with Gasteiger partial charge in [-0.25, -0.2) is 4.79 Å². The van der Waals surface area contributed by atoms with E-state index in [0.717, 1.165) is 19.3 Å². The molecule has 6 heteroatoms. The van der Waals surface area contributed by atoms with Crippen LogP contribution in [0.4, 0.5) is 4.79 Å². The molecule has 0 spiro atoms. The van der Waals surface area contributed by atoms with E-state index in [1.807, 2.05) is 41.5 Å². The molecule has 6 nitrogen and oxygen atoms in total. The first-order valence-corrected chi connectivity index (χ1v) is 8.48. The summed E-state index contributed by atoms with van der Waals surface area (Å²) in [6.07, 6.45) is 2.13. The van der Waals surface area contributed by atoms with Crippen LogP contribution in [0.1, 0.15) is 60.8 Å². The van der Waals surface area contributed by atoms with Crippen molar-refractivity contribution in [2.24, 2.45) is 0 Å². The van der Waals surface area contributed by atoms with Crippen LogP contribution in [0.2, 0.25) is 0 Å². The number of nitrogens with zero attached hydrogens (tertiary/aromatic N) is 1. The minimum Gasteiger partial charge on any atom is -0.444 e. The third-order valence-electron chi connectivity index (χ3n) is 3.79. The zero-order valence-corrected chi connectivity index (χ0v) is 15.4. The highest BCUT2D eigenvalue weighted by molar-refractivity contribution is 5.77.